The number of hydrogen-bond acceptors (Lipinski definition) is 5. The van der Waals surface area contributed by atoms with Crippen molar-refractivity contribution >= 4 is 5.91 Å². The molecule has 0 unspecified atom stereocenters. The maximum atomic E-state index is 12.1. The van der Waals surface area contributed by atoms with E-state index < -0.39 is 0 Å². The van der Waals surface area contributed by atoms with E-state index in [0.29, 0.717) is 24.6 Å². The van der Waals surface area contributed by atoms with Crippen molar-refractivity contribution in [2.45, 2.75) is 13.5 Å². The number of nitrogens with zero attached hydrogens (tertiary/aromatic N) is 3. The molecule has 0 fully saturated rings. The van der Waals surface area contributed by atoms with Crippen molar-refractivity contribution in [3.8, 4) is 5.88 Å². The zero-order valence-electron chi connectivity index (χ0n) is 11.7. The van der Waals surface area contributed by atoms with E-state index in [9.17, 15) is 9.59 Å². The van der Waals surface area contributed by atoms with Crippen molar-refractivity contribution in [2.24, 2.45) is 0 Å². The van der Waals surface area contributed by atoms with Crippen LogP contribution in [0.1, 0.15) is 17.3 Å². The summed E-state index contributed by atoms with van der Waals surface area (Å²) in [5, 5.41) is 6.63. The van der Waals surface area contributed by atoms with E-state index in [1.54, 1.807) is 24.4 Å². The molecule has 7 heteroatoms. The van der Waals surface area contributed by atoms with Crippen molar-refractivity contribution in [3.63, 3.8) is 0 Å². The first-order chi connectivity index (χ1) is 10.2. The monoisotopic (exact) mass is 288 g/mol. The lowest BCUT2D eigenvalue weighted by molar-refractivity contribution is 0.0947. The largest absolute Gasteiger partial charge is 0.477 e. The molecule has 1 amide bonds. The summed E-state index contributed by atoms with van der Waals surface area (Å²) in [6, 6.07) is 6.30. The maximum Gasteiger partial charge on any atom is 0.266 e. The van der Waals surface area contributed by atoms with Gasteiger partial charge in [0.15, 0.2) is 0 Å². The van der Waals surface area contributed by atoms with Gasteiger partial charge in [0.2, 0.25) is 5.88 Å². The summed E-state index contributed by atoms with van der Waals surface area (Å²) in [5.74, 6) is 0.00281. The highest BCUT2D eigenvalue weighted by molar-refractivity contribution is 5.96. The normalized spacial score (nSPS) is 10.1. The molecule has 0 saturated heterocycles. The highest BCUT2D eigenvalue weighted by Crippen LogP contribution is 2.13. The number of rotatable bonds is 6. The molecule has 0 aromatic carbocycles. The van der Waals surface area contributed by atoms with E-state index in [1.807, 2.05) is 6.92 Å². The zero-order valence-corrected chi connectivity index (χ0v) is 11.7. The number of amides is 1. The molecule has 0 aliphatic rings. The smallest absolute Gasteiger partial charge is 0.266 e. The maximum absolute atomic E-state index is 12.1. The minimum atomic E-state index is -0.296. The molecule has 0 atom stereocenters. The number of aromatic nitrogens is 3. The van der Waals surface area contributed by atoms with E-state index in [0.717, 1.165) is 0 Å². The van der Waals surface area contributed by atoms with Crippen LogP contribution in [-0.4, -0.2) is 33.8 Å². The van der Waals surface area contributed by atoms with Crippen LogP contribution in [0.25, 0.3) is 0 Å². The van der Waals surface area contributed by atoms with Crippen LogP contribution in [0, 0.1) is 0 Å². The SMILES string of the molecule is CCOc1ncccc1C(=O)NCCn1ncccc1=O. The van der Waals surface area contributed by atoms with Gasteiger partial charge in [0.25, 0.3) is 11.5 Å². The minimum Gasteiger partial charge on any atom is -0.477 e. The average molecular weight is 288 g/mol. The highest BCUT2D eigenvalue weighted by Gasteiger charge is 2.12. The Morgan fingerprint density at radius 1 is 1.33 bits per heavy atom. The molecular formula is C14H16N4O3. The Kier molecular flexibility index (Phi) is 5.03. The topological polar surface area (TPSA) is 86.1 Å². The summed E-state index contributed by atoms with van der Waals surface area (Å²) in [6.45, 7) is 2.84. The second-order valence-electron chi connectivity index (χ2n) is 4.13. The van der Waals surface area contributed by atoms with Gasteiger partial charge in [-0.25, -0.2) is 9.67 Å². The van der Waals surface area contributed by atoms with Crippen molar-refractivity contribution in [1.82, 2.24) is 20.1 Å². The van der Waals surface area contributed by atoms with Gasteiger partial charge in [-0.3, -0.25) is 9.59 Å². The van der Waals surface area contributed by atoms with Crippen LogP contribution in [0.5, 0.6) is 5.88 Å². The van der Waals surface area contributed by atoms with Crippen molar-refractivity contribution in [3.05, 3.63) is 52.6 Å². The van der Waals surface area contributed by atoms with Gasteiger partial charge in [-0.2, -0.15) is 5.10 Å². The Balaban J connectivity index is 1.96. The van der Waals surface area contributed by atoms with E-state index in [2.05, 4.69) is 15.4 Å². The predicted molar refractivity (Wildman–Crippen MR) is 76.2 cm³/mol. The first-order valence-electron chi connectivity index (χ1n) is 6.60. The lowest BCUT2D eigenvalue weighted by Gasteiger charge is -2.09. The van der Waals surface area contributed by atoms with Gasteiger partial charge in [0, 0.05) is 25.0 Å². The van der Waals surface area contributed by atoms with Crippen LogP contribution < -0.4 is 15.6 Å². The molecule has 2 aromatic rings. The lowest BCUT2D eigenvalue weighted by atomic mass is 10.2. The van der Waals surface area contributed by atoms with Crippen LogP contribution in [0.3, 0.4) is 0 Å². The molecule has 2 aromatic heterocycles. The fraction of sp³-hybridized carbons (Fsp3) is 0.286. The van der Waals surface area contributed by atoms with E-state index >= 15 is 0 Å². The molecule has 110 valence electrons. The standard InChI is InChI=1S/C14H16N4O3/c1-2-21-14-11(5-3-7-16-14)13(20)15-9-10-18-12(19)6-4-8-17-18/h3-8H,2,9-10H2,1H3,(H,15,20). The predicted octanol–water partition coefficient (Wildman–Crippen LogP) is 0.467. The number of hydrogen-bond donors (Lipinski definition) is 1. The van der Waals surface area contributed by atoms with Gasteiger partial charge in [-0.05, 0) is 25.1 Å². The first-order valence-corrected chi connectivity index (χ1v) is 6.60. The Bertz CT molecular complexity index is 669. The molecule has 0 aliphatic heterocycles. The zero-order chi connectivity index (χ0) is 15.1. The van der Waals surface area contributed by atoms with Crippen LogP contribution in [0.2, 0.25) is 0 Å². The third-order valence-electron chi connectivity index (χ3n) is 2.69. The summed E-state index contributed by atoms with van der Waals surface area (Å²) in [7, 11) is 0. The first kappa shape index (κ1) is 14.7. The molecule has 0 radical (unpaired) electrons. The number of carbonyl (C=O) groups excluding carboxylic acids is 1. The Morgan fingerprint density at radius 2 is 2.14 bits per heavy atom. The second-order valence-corrected chi connectivity index (χ2v) is 4.13. The van der Waals surface area contributed by atoms with E-state index in [1.165, 1.54) is 16.9 Å². The Labute approximate surface area is 121 Å². The van der Waals surface area contributed by atoms with Crippen molar-refractivity contribution in [1.29, 1.82) is 0 Å². The number of nitrogens with one attached hydrogen (secondary N) is 1. The Morgan fingerprint density at radius 3 is 2.90 bits per heavy atom. The van der Waals surface area contributed by atoms with E-state index in [-0.39, 0.29) is 18.0 Å². The Hall–Kier alpha value is -2.70. The molecule has 0 aliphatic carbocycles. The van der Waals surface area contributed by atoms with Gasteiger partial charge in [-0.15, -0.1) is 0 Å². The van der Waals surface area contributed by atoms with Crippen LogP contribution in [-0.2, 0) is 6.54 Å². The molecule has 2 rings (SSSR count). The molecule has 0 spiro atoms. The third-order valence-corrected chi connectivity index (χ3v) is 2.69. The molecule has 21 heavy (non-hydrogen) atoms. The summed E-state index contributed by atoms with van der Waals surface area (Å²) in [6.07, 6.45) is 3.09. The number of carbonyl (C=O) groups is 1. The fourth-order valence-corrected chi connectivity index (χ4v) is 1.74. The quantitative estimate of drug-likeness (QED) is 0.835. The summed E-state index contributed by atoms with van der Waals surface area (Å²) in [5.41, 5.74) is 0.163. The van der Waals surface area contributed by atoms with Crippen LogP contribution in [0.15, 0.2) is 41.5 Å². The number of pyridine rings is 1. The van der Waals surface area contributed by atoms with Gasteiger partial charge in [-0.1, -0.05) is 0 Å². The summed E-state index contributed by atoms with van der Waals surface area (Å²) < 4.78 is 6.59. The molecular weight excluding hydrogens is 272 g/mol. The van der Waals surface area contributed by atoms with Crippen LogP contribution >= 0.6 is 0 Å². The second kappa shape index (κ2) is 7.18. The summed E-state index contributed by atoms with van der Waals surface area (Å²) >= 11 is 0. The summed E-state index contributed by atoms with van der Waals surface area (Å²) in [4.78, 5) is 27.6. The van der Waals surface area contributed by atoms with Crippen molar-refractivity contribution < 1.29 is 9.53 Å². The molecule has 1 N–H and O–H groups in total. The molecule has 0 saturated carbocycles. The van der Waals surface area contributed by atoms with Gasteiger partial charge < -0.3 is 10.1 Å². The van der Waals surface area contributed by atoms with Crippen LogP contribution in [0.4, 0.5) is 0 Å². The van der Waals surface area contributed by atoms with E-state index in [4.69, 9.17) is 4.74 Å². The molecule has 7 nitrogen and oxygen atoms in total. The average Bonchev–Trinajstić information content (AvgIpc) is 2.50. The van der Waals surface area contributed by atoms with Gasteiger partial charge in [0.05, 0.1) is 13.2 Å². The molecule has 2 heterocycles. The fourth-order valence-electron chi connectivity index (χ4n) is 1.74. The highest BCUT2D eigenvalue weighted by atomic mass is 16.5. The third kappa shape index (κ3) is 3.88. The van der Waals surface area contributed by atoms with Gasteiger partial charge >= 0.3 is 0 Å². The van der Waals surface area contributed by atoms with Gasteiger partial charge in [0.1, 0.15) is 5.56 Å². The van der Waals surface area contributed by atoms with Crippen molar-refractivity contribution in [2.75, 3.05) is 13.2 Å². The molecule has 0 bridgehead atoms. The lowest BCUT2D eigenvalue weighted by Crippen LogP contribution is -2.31. The number of ether oxygens (including phenoxy) is 1. The minimum absolute atomic E-state index is 0.205.